The number of nitrogens with one attached hydrogen (secondary N) is 2. The monoisotopic (exact) mass is 422 g/mol. The predicted octanol–water partition coefficient (Wildman–Crippen LogP) is 3.37. The molecular formula is C15H10ClF3N2O5S. The number of halogens is 4. The normalized spacial score (nSPS) is 14.0. The molecular weight excluding hydrogens is 413 g/mol. The zero-order valence-corrected chi connectivity index (χ0v) is 14.7. The Balaban J connectivity index is 1.89. The Kier molecular flexibility index (Phi) is 4.82. The first-order chi connectivity index (χ1) is 12.5. The van der Waals surface area contributed by atoms with Gasteiger partial charge in [-0.05, 0) is 36.4 Å². The molecule has 0 bridgehead atoms. The average Bonchev–Trinajstić information content (AvgIpc) is 2.54. The summed E-state index contributed by atoms with van der Waals surface area (Å²) in [5, 5.41) is 2.48. The summed E-state index contributed by atoms with van der Waals surface area (Å²) in [4.78, 5) is 11.1. The second-order valence-corrected chi connectivity index (χ2v) is 7.38. The van der Waals surface area contributed by atoms with Gasteiger partial charge in [-0.3, -0.25) is 9.52 Å². The summed E-state index contributed by atoms with van der Waals surface area (Å²) in [5.74, 6) is -1.07. The van der Waals surface area contributed by atoms with E-state index in [0.29, 0.717) is 0 Å². The van der Waals surface area contributed by atoms with E-state index < -0.39 is 28.0 Å². The molecule has 12 heteroatoms. The third kappa shape index (κ3) is 4.55. The molecule has 2 N–H and O–H groups in total. The van der Waals surface area contributed by atoms with Gasteiger partial charge < -0.3 is 14.8 Å². The van der Waals surface area contributed by atoms with Gasteiger partial charge in [0.05, 0.1) is 5.69 Å². The van der Waals surface area contributed by atoms with E-state index in [2.05, 4.69) is 14.8 Å². The number of sulfonamides is 1. The van der Waals surface area contributed by atoms with Crippen LogP contribution in [-0.4, -0.2) is 27.3 Å². The minimum atomic E-state index is -4.86. The number of benzene rings is 2. The lowest BCUT2D eigenvalue weighted by atomic mass is 10.2. The minimum absolute atomic E-state index is 0.0157. The van der Waals surface area contributed by atoms with E-state index in [0.717, 1.165) is 30.3 Å². The second kappa shape index (κ2) is 6.82. The fraction of sp³-hybridized carbons (Fsp3) is 0.133. The van der Waals surface area contributed by atoms with Crippen LogP contribution >= 0.6 is 11.6 Å². The Morgan fingerprint density at radius 2 is 1.85 bits per heavy atom. The second-order valence-electron chi connectivity index (χ2n) is 5.30. The van der Waals surface area contributed by atoms with E-state index in [-0.39, 0.29) is 33.6 Å². The van der Waals surface area contributed by atoms with E-state index in [1.165, 1.54) is 6.07 Å². The van der Waals surface area contributed by atoms with Gasteiger partial charge in [-0.2, -0.15) is 0 Å². The number of carbonyl (C=O) groups excluding carboxylic acids is 1. The number of rotatable bonds is 4. The van der Waals surface area contributed by atoms with Crippen LogP contribution in [0, 0.1) is 0 Å². The number of hydrogen-bond donors (Lipinski definition) is 2. The lowest BCUT2D eigenvalue weighted by Crippen LogP contribution is -2.27. The van der Waals surface area contributed by atoms with Gasteiger partial charge >= 0.3 is 6.36 Å². The van der Waals surface area contributed by atoms with Crippen molar-refractivity contribution in [3.63, 3.8) is 0 Å². The first kappa shape index (κ1) is 19.1. The molecule has 0 aliphatic carbocycles. The number of fused-ring (bicyclic) bond motifs is 1. The van der Waals surface area contributed by atoms with Gasteiger partial charge in [0.1, 0.15) is 10.6 Å². The highest BCUT2D eigenvalue weighted by atomic mass is 35.5. The molecule has 1 aliphatic heterocycles. The largest absolute Gasteiger partial charge is 0.573 e. The summed E-state index contributed by atoms with van der Waals surface area (Å²) in [7, 11) is -4.22. The Hall–Kier alpha value is -2.66. The molecule has 0 unspecified atom stereocenters. The maximum Gasteiger partial charge on any atom is 0.573 e. The van der Waals surface area contributed by atoms with Crippen LogP contribution in [0.2, 0.25) is 5.02 Å². The van der Waals surface area contributed by atoms with Gasteiger partial charge in [-0.15, -0.1) is 13.2 Å². The quantitative estimate of drug-likeness (QED) is 0.788. The van der Waals surface area contributed by atoms with Crippen LogP contribution in [0.3, 0.4) is 0 Å². The van der Waals surface area contributed by atoms with Crippen LogP contribution in [0.1, 0.15) is 0 Å². The van der Waals surface area contributed by atoms with Crippen molar-refractivity contribution in [2.45, 2.75) is 11.3 Å². The van der Waals surface area contributed by atoms with Gasteiger partial charge in [0.15, 0.2) is 12.4 Å². The number of hydrogen-bond acceptors (Lipinski definition) is 5. The molecule has 2 aromatic carbocycles. The van der Waals surface area contributed by atoms with Crippen molar-refractivity contribution in [2.75, 3.05) is 16.6 Å². The predicted molar refractivity (Wildman–Crippen MR) is 89.5 cm³/mol. The van der Waals surface area contributed by atoms with E-state index >= 15 is 0 Å². The van der Waals surface area contributed by atoms with Gasteiger partial charge in [-0.25, -0.2) is 8.42 Å². The third-order valence-electron chi connectivity index (χ3n) is 3.27. The summed E-state index contributed by atoms with van der Waals surface area (Å²) in [6.07, 6.45) is -4.86. The Bertz CT molecular complexity index is 994. The summed E-state index contributed by atoms with van der Waals surface area (Å²) in [6.45, 7) is -0.374. The number of ether oxygens (including phenoxy) is 2. The van der Waals surface area contributed by atoms with Crippen LogP contribution in [0.5, 0.6) is 11.5 Å². The van der Waals surface area contributed by atoms with Crippen molar-refractivity contribution in [1.29, 1.82) is 0 Å². The fourth-order valence-corrected chi connectivity index (χ4v) is 3.80. The minimum Gasteiger partial charge on any atom is -0.480 e. The number of carbonyl (C=O) groups is 1. The van der Waals surface area contributed by atoms with E-state index in [4.69, 9.17) is 16.3 Å². The molecule has 1 heterocycles. The first-order valence-electron chi connectivity index (χ1n) is 7.18. The fourth-order valence-electron chi connectivity index (χ4n) is 2.27. The molecule has 1 amide bonds. The average molecular weight is 423 g/mol. The van der Waals surface area contributed by atoms with Crippen LogP contribution < -0.4 is 19.5 Å². The summed E-state index contributed by atoms with van der Waals surface area (Å²) in [5.41, 5.74) is 0.0751. The Morgan fingerprint density at radius 3 is 2.48 bits per heavy atom. The van der Waals surface area contributed by atoms with Crippen molar-refractivity contribution >= 4 is 38.9 Å². The molecule has 0 spiro atoms. The highest BCUT2D eigenvalue weighted by Crippen LogP contribution is 2.38. The number of anilines is 2. The summed E-state index contributed by atoms with van der Waals surface area (Å²) < 4.78 is 72.9. The molecule has 0 saturated carbocycles. The molecule has 1 aliphatic rings. The van der Waals surface area contributed by atoms with Crippen LogP contribution in [0.25, 0.3) is 0 Å². The van der Waals surface area contributed by atoms with Crippen molar-refractivity contribution in [3.8, 4) is 11.5 Å². The lowest BCUT2D eigenvalue weighted by Gasteiger charge is -2.21. The Morgan fingerprint density at radius 1 is 1.19 bits per heavy atom. The van der Waals surface area contributed by atoms with Crippen LogP contribution in [0.4, 0.5) is 24.5 Å². The number of alkyl halides is 3. The van der Waals surface area contributed by atoms with E-state index in [1.54, 1.807) is 0 Å². The smallest absolute Gasteiger partial charge is 0.480 e. The van der Waals surface area contributed by atoms with Crippen LogP contribution in [-0.2, 0) is 14.8 Å². The summed E-state index contributed by atoms with van der Waals surface area (Å²) >= 11 is 5.90. The molecule has 0 fully saturated rings. The molecule has 2 aromatic rings. The lowest BCUT2D eigenvalue weighted by molar-refractivity contribution is -0.274. The topological polar surface area (TPSA) is 93.7 Å². The molecule has 0 radical (unpaired) electrons. The molecule has 144 valence electrons. The van der Waals surface area contributed by atoms with Crippen molar-refractivity contribution in [1.82, 2.24) is 0 Å². The van der Waals surface area contributed by atoms with Gasteiger partial charge in [0.25, 0.3) is 15.9 Å². The van der Waals surface area contributed by atoms with E-state index in [1.807, 2.05) is 0 Å². The molecule has 0 aromatic heterocycles. The molecule has 27 heavy (non-hydrogen) atoms. The third-order valence-corrected chi connectivity index (χ3v) is 4.88. The maximum atomic E-state index is 12.6. The zero-order valence-electron chi connectivity index (χ0n) is 13.1. The SMILES string of the molecule is O=C1COc2c(cc(Cl)cc2S(=O)(=O)Nc2ccc(OC(F)(F)F)cc2)N1. The van der Waals surface area contributed by atoms with Gasteiger partial charge in [-0.1, -0.05) is 11.6 Å². The highest BCUT2D eigenvalue weighted by molar-refractivity contribution is 7.92. The maximum absolute atomic E-state index is 12.6. The highest BCUT2D eigenvalue weighted by Gasteiger charge is 2.31. The molecule has 7 nitrogen and oxygen atoms in total. The van der Waals surface area contributed by atoms with E-state index in [9.17, 15) is 26.4 Å². The van der Waals surface area contributed by atoms with Gasteiger partial charge in [0, 0.05) is 10.7 Å². The summed E-state index contributed by atoms with van der Waals surface area (Å²) in [6, 6.07) is 6.55. The van der Waals surface area contributed by atoms with Crippen molar-refractivity contribution < 1.29 is 35.9 Å². The molecule has 3 rings (SSSR count). The number of amides is 1. The van der Waals surface area contributed by atoms with Gasteiger partial charge in [0.2, 0.25) is 0 Å². The molecule has 0 atom stereocenters. The van der Waals surface area contributed by atoms with Crippen molar-refractivity contribution in [3.05, 3.63) is 41.4 Å². The first-order valence-corrected chi connectivity index (χ1v) is 9.04. The standard InChI is InChI=1S/C15H10ClF3N2O5S/c16-8-5-11-14(25-7-13(22)20-11)12(6-8)27(23,24)21-9-1-3-10(4-2-9)26-15(17,18)19/h1-6,21H,7H2,(H,20,22). The Labute approximate surface area is 156 Å². The molecule has 0 saturated heterocycles. The zero-order chi connectivity index (χ0) is 19.8. The van der Waals surface area contributed by atoms with Crippen molar-refractivity contribution in [2.24, 2.45) is 0 Å². The van der Waals surface area contributed by atoms with Crippen LogP contribution in [0.15, 0.2) is 41.3 Å².